The lowest BCUT2D eigenvalue weighted by Crippen LogP contribution is -2.11. The number of hydrazone groups is 1. The van der Waals surface area contributed by atoms with Crippen LogP contribution in [0, 0.1) is 6.92 Å². The molecule has 7 heteroatoms. The molecule has 3 N–H and O–H groups in total. The van der Waals surface area contributed by atoms with Gasteiger partial charge in [0.2, 0.25) is 0 Å². The first-order valence-corrected chi connectivity index (χ1v) is 6.59. The van der Waals surface area contributed by atoms with Gasteiger partial charge < -0.3 is 10.9 Å². The van der Waals surface area contributed by atoms with Crippen LogP contribution in [0.3, 0.4) is 0 Å². The smallest absolute Gasteiger partial charge is 0.157 e. The molecular weight excluding hydrogens is 280 g/mol. The molecule has 0 saturated carbocycles. The van der Waals surface area contributed by atoms with Crippen LogP contribution < -0.4 is 5.84 Å². The summed E-state index contributed by atoms with van der Waals surface area (Å²) >= 11 is 0. The highest BCUT2D eigenvalue weighted by Crippen LogP contribution is 2.20. The molecule has 0 spiro atoms. The van der Waals surface area contributed by atoms with Crippen molar-refractivity contribution in [1.82, 2.24) is 19.7 Å². The van der Waals surface area contributed by atoms with E-state index in [9.17, 15) is 5.11 Å². The molecule has 1 aromatic carbocycles. The maximum absolute atomic E-state index is 9.97. The second-order valence-electron chi connectivity index (χ2n) is 4.72. The van der Waals surface area contributed by atoms with Gasteiger partial charge in [-0.3, -0.25) is 0 Å². The quantitative estimate of drug-likeness (QED) is 0.432. The molecule has 0 unspecified atom stereocenters. The molecule has 0 aliphatic rings. The summed E-state index contributed by atoms with van der Waals surface area (Å²) in [7, 11) is 0. The third-order valence-electron chi connectivity index (χ3n) is 3.13. The molecular formula is C15H14N6O. The Morgan fingerprint density at radius 2 is 2.09 bits per heavy atom. The summed E-state index contributed by atoms with van der Waals surface area (Å²) in [6.45, 7) is 1.94. The molecule has 3 aromatic rings. The maximum atomic E-state index is 9.97. The lowest BCUT2D eigenvalue weighted by molar-refractivity contribution is 0.474. The second kappa shape index (κ2) is 5.65. The van der Waals surface area contributed by atoms with E-state index in [1.165, 1.54) is 6.33 Å². The van der Waals surface area contributed by atoms with Crippen LogP contribution in [0.4, 0.5) is 0 Å². The summed E-state index contributed by atoms with van der Waals surface area (Å²) in [5.74, 6) is 6.17. The molecule has 0 aliphatic carbocycles. The molecule has 0 amide bonds. The summed E-state index contributed by atoms with van der Waals surface area (Å²) in [5, 5.41) is 17.9. The van der Waals surface area contributed by atoms with Crippen LogP contribution in [0.15, 0.2) is 54.2 Å². The molecule has 2 heterocycles. The van der Waals surface area contributed by atoms with Crippen molar-refractivity contribution in [3.8, 4) is 11.6 Å². The van der Waals surface area contributed by atoms with Gasteiger partial charge in [-0.25, -0.2) is 14.6 Å². The van der Waals surface area contributed by atoms with Crippen molar-refractivity contribution < 1.29 is 5.11 Å². The molecule has 7 nitrogen and oxygen atoms in total. The van der Waals surface area contributed by atoms with Gasteiger partial charge in [0.05, 0.1) is 11.9 Å². The first-order chi connectivity index (χ1) is 10.7. The van der Waals surface area contributed by atoms with Gasteiger partial charge >= 0.3 is 0 Å². The van der Waals surface area contributed by atoms with Crippen LogP contribution in [0.1, 0.15) is 16.8 Å². The molecule has 0 fully saturated rings. The van der Waals surface area contributed by atoms with E-state index in [1.807, 2.05) is 13.1 Å². The van der Waals surface area contributed by atoms with Gasteiger partial charge in [-0.1, -0.05) is 12.1 Å². The van der Waals surface area contributed by atoms with E-state index in [0.29, 0.717) is 22.8 Å². The SMILES string of the molecule is Cc1cnn(-c2cc(/C(=N/N)c3ccccc3O)ncn2)c1. The van der Waals surface area contributed by atoms with Crippen molar-refractivity contribution in [2.75, 3.05) is 0 Å². The highest BCUT2D eigenvalue weighted by Gasteiger charge is 2.14. The summed E-state index contributed by atoms with van der Waals surface area (Å²) in [6.07, 6.45) is 5.00. The number of hydrogen-bond acceptors (Lipinski definition) is 6. The van der Waals surface area contributed by atoms with Crippen molar-refractivity contribution >= 4 is 5.71 Å². The standard InChI is InChI=1S/C15H14N6O/c1-10-7-19-21(8-10)14-6-12(17-9-18-14)15(20-16)11-4-2-3-5-13(11)22/h2-9,22H,16H2,1H3/b20-15+. The first kappa shape index (κ1) is 13.7. The van der Waals surface area contributed by atoms with Crippen LogP contribution in [0.5, 0.6) is 5.75 Å². The van der Waals surface area contributed by atoms with E-state index in [4.69, 9.17) is 5.84 Å². The normalized spacial score (nSPS) is 11.6. The van der Waals surface area contributed by atoms with Crippen molar-refractivity contribution in [2.24, 2.45) is 10.9 Å². The summed E-state index contributed by atoms with van der Waals surface area (Å²) < 4.78 is 1.64. The van der Waals surface area contributed by atoms with Gasteiger partial charge in [-0.05, 0) is 24.6 Å². The fourth-order valence-electron chi connectivity index (χ4n) is 2.09. The van der Waals surface area contributed by atoms with E-state index >= 15 is 0 Å². The fraction of sp³-hybridized carbons (Fsp3) is 0.0667. The van der Waals surface area contributed by atoms with E-state index in [0.717, 1.165) is 5.56 Å². The minimum Gasteiger partial charge on any atom is -0.507 e. The highest BCUT2D eigenvalue weighted by molar-refractivity contribution is 6.13. The fourth-order valence-corrected chi connectivity index (χ4v) is 2.09. The van der Waals surface area contributed by atoms with Crippen molar-refractivity contribution in [1.29, 1.82) is 0 Å². The first-order valence-electron chi connectivity index (χ1n) is 6.59. The molecule has 0 saturated heterocycles. The minimum atomic E-state index is 0.0850. The Morgan fingerprint density at radius 3 is 2.77 bits per heavy atom. The van der Waals surface area contributed by atoms with Gasteiger partial charge in [0.15, 0.2) is 5.82 Å². The molecule has 22 heavy (non-hydrogen) atoms. The molecule has 0 radical (unpaired) electrons. The third-order valence-corrected chi connectivity index (χ3v) is 3.13. The zero-order valence-electron chi connectivity index (χ0n) is 11.9. The van der Waals surface area contributed by atoms with Crippen LogP contribution in [0.2, 0.25) is 0 Å². The molecule has 3 rings (SSSR count). The van der Waals surface area contributed by atoms with Crippen LogP contribution in [-0.4, -0.2) is 30.6 Å². The molecule has 2 aromatic heterocycles. The zero-order chi connectivity index (χ0) is 15.5. The zero-order valence-corrected chi connectivity index (χ0v) is 11.9. The lowest BCUT2D eigenvalue weighted by atomic mass is 10.1. The van der Waals surface area contributed by atoms with Gasteiger partial charge in [0, 0.05) is 17.8 Å². The van der Waals surface area contributed by atoms with Gasteiger partial charge in [-0.2, -0.15) is 10.2 Å². The summed E-state index contributed by atoms with van der Waals surface area (Å²) in [5.41, 5.74) is 2.41. The number of aromatic hydroxyl groups is 1. The highest BCUT2D eigenvalue weighted by atomic mass is 16.3. The topological polar surface area (TPSA) is 102 Å². The number of hydrogen-bond donors (Lipinski definition) is 2. The Bertz CT molecular complexity index is 839. The number of para-hydroxylation sites is 1. The van der Waals surface area contributed by atoms with Crippen molar-refractivity contribution in [3.05, 3.63) is 65.9 Å². The Hall–Kier alpha value is -3.22. The maximum Gasteiger partial charge on any atom is 0.157 e. The number of rotatable bonds is 3. The Morgan fingerprint density at radius 1 is 1.27 bits per heavy atom. The summed E-state index contributed by atoms with van der Waals surface area (Å²) in [4.78, 5) is 8.37. The third kappa shape index (κ3) is 2.51. The Kier molecular flexibility index (Phi) is 3.53. The van der Waals surface area contributed by atoms with Crippen LogP contribution >= 0.6 is 0 Å². The molecule has 0 aliphatic heterocycles. The van der Waals surface area contributed by atoms with Gasteiger partial charge in [0.25, 0.3) is 0 Å². The molecule has 0 atom stereocenters. The van der Waals surface area contributed by atoms with Gasteiger partial charge in [-0.15, -0.1) is 0 Å². The number of nitrogens with zero attached hydrogens (tertiary/aromatic N) is 5. The number of aromatic nitrogens is 4. The average Bonchev–Trinajstić information content (AvgIpc) is 2.97. The predicted molar refractivity (Wildman–Crippen MR) is 81.8 cm³/mol. The Labute approximate surface area is 126 Å². The number of nitrogens with two attached hydrogens (primary N) is 1. The van der Waals surface area contributed by atoms with Crippen molar-refractivity contribution in [2.45, 2.75) is 6.92 Å². The number of phenols is 1. The van der Waals surface area contributed by atoms with E-state index < -0.39 is 0 Å². The van der Waals surface area contributed by atoms with Crippen LogP contribution in [-0.2, 0) is 0 Å². The number of aryl methyl sites for hydroxylation is 1. The molecule has 110 valence electrons. The lowest BCUT2D eigenvalue weighted by Gasteiger charge is -2.08. The minimum absolute atomic E-state index is 0.0850. The number of phenolic OH excluding ortho intramolecular Hbond substituents is 1. The van der Waals surface area contributed by atoms with E-state index in [2.05, 4.69) is 20.2 Å². The monoisotopic (exact) mass is 294 g/mol. The van der Waals surface area contributed by atoms with E-state index in [-0.39, 0.29) is 5.75 Å². The largest absolute Gasteiger partial charge is 0.507 e. The average molecular weight is 294 g/mol. The summed E-state index contributed by atoms with van der Waals surface area (Å²) in [6, 6.07) is 8.52. The predicted octanol–water partition coefficient (Wildman–Crippen LogP) is 1.39. The van der Waals surface area contributed by atoms with Crippen molar-refractivity contribution in [3.63, 3.8) is 0 Å². The van der Waals surface area contributed by atoms with Crippen LogP contribution in [0.25, 0.3) is 5.82 Å². The van der Waals surface area contributed by atoms with E-state index in [1.54, 1.807) is 41.2 Å². The number of benzene rings is 1. The second-order valence-corrected chi connectivity index (χ2v) is 4.72. The molecule has 0 bridgehead atoms. The van der Waals surface area contributed by atoms with Gasteiger partial charge in [0.1, 0.15) is 17.8 Å². The Balaban J connectivity index is 2.06.